The van der Waals surface area contributed by atoms with Gasteiger partial charge < -0.3 is 9.84 Å². The van der Waals surface area contributed by atoms with Crippen molar-refractivity contribution in [2.24, 2.45) is 17.8 Å². The van der Waals surface area contributed by atoms with E-state index in [1.807, 2.05) is 0 Å². The number of carbonyl (C=O) groups is 2. The minimum absolute atomic E-state index is 0.0380. The molecular weight excluding hydrogens is 472 g/mol. The van der Waals surface area contributed by atoms with Crippen molar-refractivity contribution in [3.63, 3.8) is 0 Å². The van der Waals surface area contributed by atoms with Gasteiger partial charge in [0.2, 0.25) is 0 Å². The molecule has 1 saturated carbocycles. The molecule has 0 heterocycles. The number of carbonyl (C=O) groups excluding carboxylic acids is 1. The van der Waals surface area contributed by atoms with Crippen LogP contribution < -0.4 is 0 Å². The second-order valence-corrected chi connectivity index (χ2v) is 12.7. The summed E-state index contributed by atoms with van der Waals surface area (Å²) in [6.07, 6.45) is 29.7. The second-order valence-electron chi connectivity index (χ2n) is 12.7. The topological polar surface area (TPSA) is 63.6 Å². The predicted molar refractivity (Wildman–Crippen MR) is 160 cm³/mol. The predicted octanol–water partition coefficient (Wildman–Crippen LogP) is 10.7. The molecule has 0 spiro atoms. The summed E-state index contributed by atoms with van der Waals surface area (Å²) in [6.45, 7) is 6.88. The zero-order valence-electron chi connectivity index (χ0n) is 25.7. The number of aliphatic carboxylic acids is 1. The van der Waals surface area contributed by atoms with Crippen molar-refractivity contribution in [2.45, 2.75) is 187 Å². The van der Waals surface area contributed by atoms with Crippen LogP contribution >= 0.6 is 0 Å². The molecular formula is C34H64O4. The first-order chi connectivity index (χ1) is 18.5. The number of carboxylic acid groups (broad SMARTS) is 1. The van der Waals surface area contributed by atoms with Crippen molar-refractivity contribution in [3.8, 4) is 0 Å². The molecule has 1 fully saturated rings. The number of carboxylic acids is 1. The number of hydrogen-bond donors (Lipinski definition) is 1. The van der Waals surface area contributed by atoms with Crippen molar-refractivity contribution < 1.29 is 19.4 Å². The van der Waals surface area contributed by atoms with Gasteiger partial charge in [0.15, 0.2) is 0 Å². The normalized spacial score (nSPS) is 18.5. The molecule has 0 saturated heterocycles. The summed E-state index contributed by atoms with van der Waals surface area (Å²) in [5, 5.41) is 9.60. The van der Waals surface area contributed by atoms with Gasteiger partial charge in [-0.15, -0.1) is 0 Å². The van der Waals surface area contributed by atoms with E-state index in [1.165, 1.54) is 109 Å². The molecule has 0 aromatic rings. The Balaban J connectivity index is 2.33. The Labute approximate surface area is 236 Å². The molecule has 1 aliphatic rings. The number of unbranched alkanes of at least 4 members (excludes halogenated alkanes) is 16. The summed E-state index contributed by atoms with van der Waals surface area (Å²) in [4.78, 5) is 24.7. The Morgan fingerprint density at radius 1 is 0.632 bits per heavy atom. The van der Waals surface area contributed by atoms with E-state index in [4.69, 9.17) is 4.74 Å². The molecule has 3 atom stereocenters. The van der Waals surface area contributed by atoms with Crippen LogP contribution in [0, 0.1) is 17.8 Å². The minimum Gasteiger partial charge on any atom is -0.481 e. The van der Waals surface area contributed by atoms with Gasteiger partial charge in [-0.25, -0.2) is 0 Å². The average molecular weight is 537 g/mol. The van der Waals surface area contributed by atoms with E-state index in [0.717, 1.165) is 44.4 Å². The van der Waals surface area contributed by atoms with E-state index in [-0.39, 0.29) is 12.1 Å². The van der Waals surface area contributed by atoms with Crippen molar-refractivity contribution >= 4 is 11.9 Å². The van der Waals surface area contributed by atoms with Gasteiger partial charge in [-0.2, -0.15) is 0 Å². The Morgan fingerprint density at radius 2 is 1.03 bits per heavy atom. The van der Waals surface area contributed by atoms with Crippen LogP contribution in [0.3, 0.4) is 0 Å². The Hall–Kier alpha value is -1.06. The number of ether oxygens (including phenoxy) is 1. The first-order valence-electron chi connectivity index (χ1n) is 16.9. The van der Waals surface area contributed by atoms with Crippen molar-refractivity contribution in [1.29, 1.82) is 0 Å². The van der Waals surface area contributed by atoms with E-state index in [1.54, 1.807) is 0 Å². The third kappa shape index (κ3) is 18.3. The van der Waals surface area contributed by atoms with Gasteiger partial charge in [-0.3, -0.25) is 9.59 Å². The molecule has 0 radical (unpaired) electrons. The van der Waals surface area contributed by atoms with Crippen molar-refractivity contribution in [1.82, 2.24) is 0 Å². The number of esters is 1. The number of rotatable bonds is 25. The molecule has 224 valence electrons. The zero-order valence-corrected chi connectivity index (χ0v) is 25.7. The van der Waals surface area contributed by atoms with E-state index in [0.29, 0.717) is 12.8 Å². The van der Waals surface area contributed by atoms with Gasteiger partial charge in [0, 0.05) is 0 Å². The maximum absolute atomic E-state index is 13.0. The van der Waals surface area contributed by atoms with Crippen LogP contribution in [0.25, 0.3) is 0 Å². The van der Waals surface area contributed by atoms with E-state index in [2.05, 4.69) is 20.8 Å². The fourth-order valence-electron chi connectivity index (χ4n) is 6.07. The molecule has 38 heavy (non-hydrogen) atoms. The van der Waals surface area contributed by atoms with E-state index >= 15 is 0 Å². The molecule has 4 heteroatoms. The maximum Gasteiger partial charge on any atom is 0.310 e. The van der Waals surface area contributed by atoms with Gasteiger partial charge in [-0.1, -0.05) is 143 Å². The standard InChI is InChI=1S/C34H64O4/c1-4-5-6-7-8-9-10-14-17-20-25-30(26-21-18-15-12-11-13-16-19-24-29(2)3)38-34(37)32-28-23-22-27-31(32)33(35)36/h29-32H,4-28H2,1-3H3,(H,35,36). The number of hydrogen-bond acceptors (Lipinski definition) is 3. The average Bonchev–Trinajstić information content (AvgIpc) is 2.90. The van der Waals surface area contributed by atoms with E-state index in [9.17, 15) is 14.7 Å². The molecule has 4 nitrogen and oxygen atoms in total. The third-order valence-electron chi connectivity index (χ3n) is 8.61. The highest BCUT2D eigenvalue weighted by molar-refractivity contribution is 5.81. The van der Waals surface area contributed by atoms with Crippen LogP contribution in [0.2, 0.25) is 0 Å². The summed E-state index contributed by atoms with van der Waals surface area (Å²) in [5.41, 5.74) is 0. The van der Waals surface area contributed by atoms with Crippen molar-refractivity contribution in [2.75, 3.05) is 0 Å². The molecule has 1 rings (SSSR count). The minimum atomic E-state index is -0.831. The van der Waals surface area contributed by atoms with Gasteiger partial charge in [0.25, 0.3) is 0 Å². The first kappa shape index (κ1) is 35.0. The Morgan fingerprint density at radius 3 is 1.45 bits per heavy atom. The molecule has 3 unspecified atom stereocenters. The summed E-state index contributed by atoms with van der Waals surface area (Å²) in [6, 6.07) is 0. The van der Waals surface area contributed by atoms with Crippen LogP contribution in [0.4, 0.5) is 0 Å². The van der Waals surface area contributed by atoms with Crippen molar-refractivity contribution in [3.05, 3.63) is 0 Å². The van der Waals surface area contributed by atoms with Crippen LogP contribution in [0.1, 0.15) is 181 Å². The van der Waals surface area contributed by atoms with Crippen LogP contribution in [-0.2, 0) is 14.3 Å². The summed E-state index contributed by atoms with van der Waals surface area (Å²) in [5.74, 6) is -1.26. The molecule has 0 aromatic carbocycles. The van der Waals surface area contributed by atoms with Gasteiger partial charge in [-0.05, 0) is 44.4 Å². The smallest absolute Gasteiger partial charge is 0.310 e. The van der Waals surface area contributed by atoms with Crippen LogP contribution in [-0.4, -0.2) is 23.1 Å². The monoisotopic (exact) mass is 536 g/mol. The van der Waals surface area contributed by atoms with Gasteiger partial charge in [0.1, 0.15) is 6.10 Å². The van der Waals surface area contributed by atoms with Crippen LogP contribution in [0.5, 0.6) is 0 Å². The fraction of sp³-hybridized carbons (Fsp3) is 0.941. The zero-order chi connectivity index (χ0) is 27.8. The lowest BCUT2D eigenvalue weighted by atomic mass is 9.79. The largest absolute Gasteiger partial charge is 0.481 e. The summed E-state index contributed by atoms with van der Waals surface area (Å²) >= 11 is 0. The first-order valence-corrected chi connectivity index (χ1v) is 16.9. The van der Waals surface area contributed by atoms with Crippen LogP contribution in [0.15, 0.2) is 0 Å². The lowest BCUT2D eigenvalue weighted by molar-refractivity contribution is -0.164. The van der Waals surface area contributed by atoms with Gasteiger partial charge in [0.05, 0.1) is 11.8 Å². The SMILES string of the molecule is CCCCCCCCCCCCC(CCCCCCCCCCC(C)C)OC(=O)C1CCCCC1C(=O)O. The lowest BCUT2D eigenvalue weighted by Crippen LogP contribution is -2.35. The summed E-state index contributed by atoms with van der Waals surface area (Å²) < 4.78 is 6.04. The Kier molecular flexibility index (Phi) is 21.9. The fourth-order valence-corrected chi connectivity index (χ4v) is 6.07. The second kappa shape index (κ2) is 23.8. The van der Waals surface area contributed by atoms with Gasteiger partial charge >= 0.3 is 11.9 Å². The third-order valence-corrected chi connectivity index (χ3v) is 8.61. The molecule has 0 aliphatic heterocycles. The highest BCUT2D eigenvalue weighted by Gasteiger charge is 2.37. The molecule has 1 aliphatic carbocycles. The summed E-state index contributed by atoms with van der Waals surface area (Å²) in [7, 11) is 0. The van der Waals surface area contributed by atoms with E-state index < -0.39 is 17.8 Å². The lowest BCUT2D eigenvalue weighted by Gasteiger charge is -2.29. The quantitative estimate of drug-likeness (QED) is 0.0930. The molecule has 0 bridgehead atoms. The molecule has 0 aromatic heterocycles. The molecule has 1 N–H and O–H groups in total. The highest BCUT2D eigenvalue weighted by atomic mass is 16.5. The highest BCUT2D eigenvalue weighted by Crippen LogP contribution is 2.32. The Bertz CT molecular complexity index is 573. The molecule has 0 amide bonds. The maximum atomic E-state index is 13.0.